The van der Waals surface area contributed by atoms with Crippen LogP contribution >= 0.6 is 0 Å². The van der Waals surface area contributed by atoms with Gasteiger partial charge in [0, 0.05) is 31.3 Å². The summed E-state index contributed by atoms with van der Waals surface area (Å²) in [5.41, 5.74) is 5.31. The number of aromatic hydroxyl groups is 1. The lowest BCUT2D eigenvalue weighted by Gasteiger charge is -2.14. The summed E-state index contributed by atoms with van der Waals surface area (Å²) in [6.07, 6.45) is 3.12. The van der Waals surface area contributed by atoms with Crippen molar-refractivity contribution >= 4 is 5.91 Å². The molecule has 0 aliphatic carbocycles. The highest BCUT2D eigenvalue weighted by atomic mass is 16.4. The van der Waals surface area contributed by atoms with Gasteiger partial charge < -0.3 is 15.3 Å². The Morgan fingerprint density at radius 3 is 2.85 bits per heavy atom. The van der Waals surface area contributed by atoms with Crippen LogP contribution in [0.1, 0.15) is 29.4 Å². The Bertz CT molecular complexity index is 702. The van der Waals surface area contributed by atoms with Gasteiger partial charge in [-0.2, -0.15) is 5.10 Å². The van der Waals surface area contributed by atoms with Crippen LogP contribution in [0.3, 0.4) is 0 Å². The number of hydrogen-bond acceptors (Lipinski definition) is 5. The van der Waals surface area contributed by atoms with E-state index in [0.29, 0.717) is 11.3 Å². The van der Waals surface area contributed by atoms with E-state index in [1.165, 1.54) is 12.3 Å². The molecule has 3 N–H and O–H groups in total. The Labute approximate surface area is 114 Å². The van der Waals surface area contributed by atoms with Crippen molar-refractivity contribution in [3.05, 3.63) is 45.8 Å². The van der Waals surface area contributed by atoms with Gasteiger partial charge in [0.2, 0.25) is 17.1 Å². The maximum Gasteiger partial charge on any atom is 0.227 e. The van der Waals surface area contributed by atoms with Crippen LogP contribution in [-0.2, 0) is 11.8 Å². The van der Waals surface area contributed by atoms with Gasteiger partial charge in [-0.1, -0.05) is 0 Å². The van der Waals surface area contributed by atoms with Gasteiger partial charge in [-0.25, -0.2) is 0 Å². The lowest BCUT2D eigenvalue weighted by molar-refractivity contribution is -0.118. The highest BCUT2D eigenvalue weighted by Crippen LogP contribution is 2.32. The molecule has 0 aliphatic rings. The first kappa shape index (κ1) is 13.9. The Hall–Kier alpha value is -2.57. The van der Waals surface area contributed by atoms with E-state index in [1.54, 1.807) is 24.9 Å². The van der Waals surface area contributed by atoms with E-state index in [2.05, 4.69) is 5.10 Å². The normalized spacial score (nSPS) is 12.3. The van der Waals surface area contributed by atoms with Crippen LogP contribution in [0.2, 0.25) is 0 Å². The quantitative estimate of drug-likeness (QED) is 0.840. The molecule has 1 amide bonds. The Morgan fingerprint density at radius 1 is 1.60 bits per heavy atom. The summed E-state index contributed by atoms with van der Waals surface area (Å²) in [4.78, 5) is 22.9. The van der Waals surface area contributed by atoms with Crippen LogP contribution in [0.4, 0.5) is 0 Å². The van der Waals surface area contributed by atoms with Crippen LogP contribution in [0, 0.1) is 6.92 Å². The molecule has 7 nitrogen and oxygen atoms in total. The highest BCUT2D eigenvalue weighted by Gasteiger charge is 2.25. The third kappa shape index (κ3) is 2.71. The van der Waals surface area contributed by atoms with Gasteiger partial charge in [-0.3, -0.25) is 14.3 Å². The average Bonchev–Trinajstić information content (AvgIpc) is 2.77. The Kier molecular flexibility index (Phi) is 3.60. The number of rotatable bonds is 4. The summed E-state index contributed by atoms with van der Waals surface area (Å²) in [7, 11) is 1.72. The lowest BCUT2D eigenvalue weighted by Crippen LogP contribution is -2.17. The molecule has 2 aromatic heterocycles. The van der Waals surface area contributed by atoms with Gasteiger partial charge in [0.05, 0.1) is 12.1 Å². The monoisotopic (exact) mass is 277 g/mol. The summed E-state index contributed by atoms with van der Waals surface area (Å²) in [5.74, 6) is -1.34. The second kappa shape index (κ2) is 5.20. The van der Waals surface area contributed by atoms with E-state index in [9.17, 15) is 14.7 Å². The largest absolute Gasteiger partial charge is 0.502 e. The number of primary amides is 1. The Balaban J connectivity index is 2.57. The summed E-state index contributed by atoms with van der Waals surface area (Å²) >= 11 is 0. The number of hydrogen-bond donors (Lipinski definition) is 2. The smallest absolute Gasteiger partial charge is 0.227 e. The van der Waals surface area contributed by atoms with Crippen molar-refractivity contribution < 1.29 is 14.3 Å². The fourth-order valence-electron chi connectivity index (χ4n) is 2.04. The molecule has 0 fully saturated rings. The van der Waals surface area contributed by atoms with Gasteiger partial charge in [-0.05, 0) is 6.92 Å². The van der Waals surface area contributed by atoms with Crippen molar-refractivity contribution in [2.75, 3.05) is 0 Å². The molecule has 2 heterocycles. The van der Waals surface area contributed by atoms with Gasteiger partial charge in [0.1, 0.15) is 5.76 Å². The first-order valence-electron chi connectivity index (χ1n) is 5.99. The maximum absolute atomic E-state index is 11.6. The predicted octanol–water partition coefficient (Wildman–Crippen LogP) is 0.395. The average molecular weight is 277 g/mol. The standard InChI is InChI=1S/C13H15N3O4/c1-7-3-10(17)12(19)13(20-7)9(4-11(14)18)8-5-15-16(2)6-8/h3,5-6,9,19H,4H2,1-2H3,(H2,14,18)/t9-/m0/s1. The molecule has 0 saturated heterocycles. The van der Waals surface area contributed by atoms with Gasteiger partial charge in [0.15, 0.2) is 5.76 Å². The zero-order valence-corrected chi connectivity index (χ0v) is 11.2. The molecule has 106 valence electrons. The van der Waals surface area contributed by atoms with E-state index in [4.69, 9.17) is 10.2 Å². The number of carbonyl (C=O) groups excluding carboxylic acids is 1. The minimum Gasteiger partial charge on any atom is -0.502 e. The van der Waals surface area contributed by atoms with Crippen molar-refractivity contribution in [1.29, 1.82) is 0 Å². The molecule has 20 heavy (non-hydrogen) atoms. The van der Waals surface area contributed by atoms with Crippen molar-refractivity contribution in [3.8, 4) is 5.75 Å². The predicted molar refractivity (Wildman–Crippen MR) is 70.2 cm³/mol. The highest BCUT2D eigenvalue weighted by molar-refractivity contribution is 5.75. The van der Waals surface area contributed by atoms with E-state index in [-0.39, 0.29) is 12.2 Å². The molecule has 2 rings (SSSR count). The van der Waals surface area contributed by atoms with Crippen LogP contribution in [0.25, 0.3) is 0 Å². The number of amides is 1. The van der Waals surface area contributed by atoms with E-state index in [1.807, 2.05) is 0 Å². The third-order valence-corrected chi connectivity index (χ3v) is 2.92. The fourth-order valence-corrected chi connectivity index (χ4v) is 2.04. The first-order valence-corrected chi connectivity index (χ1v) is 5.99. The minimum atomic E-state index is -0.645. The van der Waals surface area contributed by atoms with Crippen molar-refractivity contribution in [2.45, 2.75) is 19.3 Å². The van der Waals surface area contributed by atoms with Crippen molar-refractivity contribution in [1.82, 2.24) is 9.78 Å². The number of nitrogens with zero attached hydrogens (tertiary/aromatic N) is 2. The minimum absolute atomic E-state index is 0.0294. The summed E-state index contributed by atoms with van der Waals surface area (Å²) in [6, 6.07) is 1.18. The van der Waals surface area contributed by atoms with Crippen molar-refractivity contribution in [2.24, 2.45) is 12.8 Å². The SMILES string of the molecule is Cc1cc(=O)c(O)c([C@@H](CC(N)=O)c2cnn(C)c2)o1. The van der Waals surface area contributed by atoms with Gasteiger partial charge in [0.25, 0.3) is 0 Å². The summed E-state index contributed by atoms with van der Waals surface area (Å²) < 4.78 is 6.97. The third-order valence-electron chi connectivity index (χ3n) is 2.92. The maximum atomic E-state index is 11.6. The van der Waals surface area contributed by atoms with Crippen LogP contribution in [-0.4, -0.2) is 20.8 Å². The van der Waals surface area contributed by atoms with Crippen LogP contribution in [0.5, 0.6) is 5.75 Å². The number of nitrogens with two attached hydrogens (primary N) is 1. The van der Waals surface area contributed by atoms with Gasteiger partial charge in [-0.15, -0.1) is 0 Å². The molecule has 2 aromatic rings. The summed E-state index contributed by atoms with van der Waals surface area (Å²) in [6.45, 7) is 1.59. The molecular formula is C13H15N3O4. The van der Waals surface area contributed by atoms with Crippen LogP contribution < -0.4 is 11.2 Å². The topological polar surface area (TPSA) is 111 Å². The number of aryl methyl sites for hydroxylation is 2. The zero-order valence-electron chi connectivity index (χ0n) is 11.2. The van der Waals surface area contributed by atoms with E-state index >= 15 is 0 Å². The molecule has 0 radical (unpaired) electrons. The molecule has 1 atom stereocenters. The van der Waals surface area contributed by atoms with Crippen LogP contribution in [0.15, 0.2) is 27.7 Å². The molecule has 0 spiro atoms. The second-order valence-electron chi connectivity index (χ2n) is 4.60. The lowest BCUT2D eigenvalue weighted by atomic mass is 9.94. The molecule has 0 unspecified atom stereocenters. The van der Waals surface area contributed by atoms with E-state index < -0.39 is 23.0 Å². The fraction of sp³-hybridized carbons (Fsp3) is 0.308. The summed E-state index contributed by atoms with van der Waals surface area (Å²) in [5, 5.41) is 13.9. The molecular weight excluding hydrogens is 262 g/mol. The number of carbonyl (C=O) groups is 1. The molecule has 0 aliphatic heterocycles. The molecule has 0 bridgehead atoms. The molecule has 0 aromatic carbocycles. The molecule has 0 saturated carbocycles. The molecule has 7 heteroatoms. The van der Waals surface area contributed by atoms with Gasteiger partial charge >= 0.3 is 0 Å². The number of aromatic nitrogens is 2. The Morgan fingerprint density at radius 2 is 2.30 bits per heavy atom. The second-order valence-corrected chi connectivity index (χ2v) is 4.60. The zero-order chi connectivity index (χ0) is 14.9. The van der Waals surface area contributed by atoms with E-state index in [0.717, 1.165) is 0 Å². The van der Waals surface area contributed by atoms with Crippen molar-refractivity contribution in [3.63, 3.8) is 0 Å². The first-order chi connectivity index (χ1) is 9.38.